The second-order valence-electron chi connectivity index (χ2n) is 9.01. The number of nitrogens with zero attached hydrogens (tertiary/aromatic N) is 1. The Morgan fingerprint density at radius 2 is 1.83 bits per heavy atom. The average molecular weight is 482 g/mol. The standard InChI is InChI=1S/C30H28N2O4/c1-31-16-7-17-35-30(34)22-10-5-4-9-21(22)28-23-15-13-20(32(2)3)18-26(23)36-29-24(28)14-12-19-8-6-11-25(33)27(19)29/h4-6,8-15,18,31H,7,16-17H2,1-3H3/p+1. The summed E-state index contributed by atoms with van der Waals surface area (Å²) in [5.74, 6) is 0.446. The maximum atomic E-state index is 13.2. The number of phenols is 1. The number of nitrogens with one attached hydrogen (secondary N) is 1. The first-order chi connectivity index (χ1) is 17.5. The Kier molecular flexibility index (Phi) is 6.44. The number of esters is 1. The van der Waals surface area contributed by atoms with Crippen molar-refractivity contribution in [3.8, 4) is 28.2 Å². The lowest BCUT2D eigenvalue weighted by atomic mass is 9.89. The van der Waals surface area contributed by atoms with Gasteiger partial charge >= 0.3 is 5.97 Å². The molecule has 3 aromatic rings. The van der Waals surface area contributed by atoms with Crippen LogP contribution in [0.5, 0.6) is 5.75 Å². The number of aromatic hydroxyl groups is 1. The van der Waals surface area contributed by atoms with Crippen LogP contribution in [0.25, 0.3) is 44.2 Å². The van der Waals surface area contributed by atoms with Gasteiger partial charge in [-0.15, -0.1) is 0 Å². The maximum Gasteiger partial charge on any atom is 0.338 e. The molecule has 0 bridgehead atoms. The predicted octanol–water partition coefficient (Wildman–Crippen LogP) is 4.86. The molecule has 6 nitrogen and oxygen atoms in total. The van der Waals surface area contributed by atoms with E-state index in [1.165, 1.54) is 0 Å². The van der Waals surface area contributed by atoms with Crippen molar-refractivity contribution in [1.29, 1.82) is 0 Å². The lowest BCUT2D eigenvalue weighted by Crippen LogP contribution is -2.21. The Morgan fingerprint density at radius 1 is 1.00 bits per heavy atom. The van der Waals surface area contributed by atoms with Gasteiger partial charge in [-0.1, -0.05) is 36.4 Å². The third-order valence-corrected chi connectivity index (χ3v) is 6.43. The number of phenolic OH excluding ortho intramolecular Hbond substituents is 1. The van der Waals surface area contributed by atoms with Gasteiger partial charge < -0.3 is 19.6 Å². The van der Waals surface area contributed by atoms with E-state index in [0.717, 1.165) is 45.8 Å². The quantitative estimate of drug-likeness (QED) is 0.119. The van der Waals surface area contributed by atoms with E-state index in [1.54, 1.807) is 12.1 Å². The molecule has 0 amide bonds. The number of carbonyl (C=O) groups excluding carboxylic acids is 1. The van der Waals surface area contributed by atoms with Gasteiger partial charge in [-0.3, -0.25) is 0 Å². The van der Waals surface area contributed by atoms with Crippen molar-refractivity contribution >= 4 is 27.7 Å². The van der Waals surface area contributed by atoms with Gasteiger partial charge in [-0.2, -0.15) is 0 Å². The Labute approximate surface area is 209 Å². The lowest BCUT2D eigenvalue weighted by Gasteiger charge is -2.18. The van der Waals surface area contributed by atoms with Crippen molar-refractivity contribution in [2.24, 2.45) is 0 Å². The second kappa shape index (κ2) is 9.84. The van der Waals surface area contributed by atoms with Gasteiger partial charge in [0.2, 0.25) is 5.36 Å². The molecule has 5 rings (SSSR count). The van der Waals surface area contributed by atoms with Gasteiger partial charge in [0.1, 0.15) is 31.2 Å². The molecule has 6 heteroatoms. The van der Waals surface area contributed by atoms with Gasteiger partial charge in [-0.05, 0) is 55.2 Å². The van der Waals surface area contributed by atoms with E-state index in [0.29, 0.717) is 28.9 Å². The molecule has 0 fully saturated rings. The van der Waals surface area contributed by atoms with E-state index >= 15 is 0 Å². The molecular weight excluding hydrogens is 452 g/mol. The first-order valence-electron chi connectivity index (χ1n) is 12.0. The van der Waals surface area contributed by atoms with E-state index in [2.05, 4.69) is 5.32 Å². The summed E-state index contributed by atoms with van der Waals surface area (Å²) in [6, 6.07) is 22.9. The summed E-state index contributed by atoms with van der Waals surface area (Å²) < 4.78 is 14.1. The Balaban J connectivity index is 1.83. The van der Waals surface area contributed by atoms with Crippen LogP contribution >= 0.6 is 0 Å². The van der Waals surface area contributed by atoms with E-state index in [1.807, 2.05) is 86.4 Å². The predicted molar refractivity (Wildman–Crippen MR) is 143 cm³/mol. The Morgan fingerprint density at radius 3 is 2.64 bits per heavy atom. The van der Waals surface area contributed by atoms with Crippen molar-refractivity contribution in [2.45, 2.75) is 6.42 Å². The molecule has 3 aromatic carbocycles. The van der Waals surface area contributed by atoms with Gasteiger partial charge in [-0.25, -0.2) is 9.37 Å². The van der Waals surface area contributed by atoms with Gasteiger partial charge in [0.05, 0.1) is 23.6 Å². The number of ether oxygens (including phenoxy) is 1. The van der Waals surface area contributed by atoms with Crippen LogP contribution in [-0.2, 0) is 4.74 Å². The largest absolute Gasteiger partial charge is 0.507 e. The number of fused-ring (bicyclic) bond motifs is 4. The number of rotatable bonds is 6. The zero-order valence-corrected chi connectivity index (χ0v) is 20.7. The van der Waals surface area contributed by atoms with Crippen molar-refractivity contribution < 1.29 is 19.1 Å². The summed E-state index contributed by atoms with van der Waals surface area (Å²) in [6.07, 6.45) is 0.735. The molecule has 1 aliphatic carbocycles. The third kappa shape index (κ3) is 4.20. The third-order valence-electron chi connectivity index (χ3n) is 6.43. The zero-order chi connectivity index (χ0) is 25.2. The fraction of sp³-hybridized carbons (Fsp3) is 0.200. The van der Waals surface area contributed by atoms with E-state index in [9.17, 15) is 9.90 Å². The molecule has 0 spiro atoms. The van der Waals surface area contributed by atoms with E-state index in [-0.39, 0.29) is 11.7 Å². The number of hydrogen-bond donors (Lipinski definition) is 2. The summed E-state index contributed by atoms with van der Waals surface area (Å²) >= 11 is 0. The SMILES string of the molecule is CNCCCOC(=O)c1ccccc1-c1c2ccc(=[N+](C)C)cc-2oc2c1ccc1cccc(O)c12. The topological polar surface area (TPSA) is 74.7 Å². The maximum absolute atomic E-state index is 13.2. The second-order valence-corrected chi connectivity index (χ2v) is 9.01. The van der Waals surface area contributed by atoms with Gasteiger partial charge in [0.15, 0.2) is 0 Å². The lowest BCUT2D eigenvalue weighted by molar-refractivity contribution is 0.0502. The number of benzene rings is 4. The normalized spacial score (nSPS) is 11.3. The minimum atomic E-state index is -0.364. The minimum absolute atomic E-state index is 0.146. The highest BCUT2D eigenvalue weighted by Gasteiger charge is 2.24. The molecule has 0 atom stereocenters. The van der Waals surface area contributed by atoms with Crippen LogP contribution in [0, 0.1) is 0 Å². The molecule has 2 aliphatic rings. The highest BCUT2D eigenvalue weighted by Crippen LogP contribution is 2.44. The molecule has 0 radical (unpaired) electrons. The summed E-state index contributed by atoms with van der Waals surface area (Å²) in [7, 11) is 5.82. The fourth-order valence-electron chi connectivity index (χ4n) is 4.63. The summed E-state index contributed by atoms with van der Waals surface area (Å²) in [5.41, 5.74) is 3.56. The van der Waals surface area contributed by atoms with Gasteiger partial charge in [0.25, 0.3) is 0 Å². The highest BCUT2D eigenvalue weighted by molar-refractivity contribution is 6.15. The molecule has 1 heterocycles. The van der Waals surface area contributed by atoms with E-state index in [4.69, 9.17) is 9.15 Å². The van der Waals surface area contributed by atoms with Crippen molar-refractivity contribution in [2.75, 3.05) is 34.3 Å². The van der Waals surface area contributed by atoms with Crippen LogP contribution in [0.2, 0.25) is 0 Å². The first kappa shape index (κ1) is 23.6. The zero-order valence-electron chi connectivity index (χ0n) is 20.7. The molecule has 36 heavy (non-hydrogen) atoms. The van der Waals surface area contributed by atoms with E-state index < -0.39 is 0 Å². The molecule has 182 valence electrons. The van der Waals surface area contributed by atoms with Crippen molar-refractivity contribution in [1.82, 2.24) is 9.89 Å². The van der Waals surface area contributed by atoms with Crippen LogP contribution in [0.15, 0.2) is 77.2 Å². The van der Waals surface area contributed by atoms with Crippen LogP contribution in [0.3, 0.4) is 0 Å². The Hall–Kier alpha value is -4.16. The molecule has 1 aliphatic heterocycles. The minimum Gasteiger partial charge on any atom is -0.507 e. The Bertz CT molecular complexity index is 1630. The van der Waals surface area contributed by atoms with Crippen LogP contribution in [0.4, 0.5) is 0 Å². The monoisotopic (exact) mass is 481 g/mol. The molecule has 0 aromatic heterocycles. The fourth-order valence-corrected chi connectivity index (χ4v) is 4.63. The summed E-state index contributed by atoms with van der Waals surface area (Å²) in [4.78, 5) is 13.2. The van der Waals surface area contributed by atoms with Gasteiger partial charge in [0, 0.05) is 22.6 Å². The van der Waals surface area contributed by atoms with Crippen molar-refractivity contribution in [3.63, 3.8) is 0 Å². The molecule has 0 saturated heterocycles. The highest BCUT2D eigenvalue weighted by atomic mass is 16.5. The van der Waals surface area contributed by atoms with Crippen molar-refractivity contribution in [3.05, 3.63) is 83.7 Å². The smallest absolute Gasteiger partial charge is 0.338 e. The summed E-state index contributed by atoms with van der Waals surface area (Å²) in [6.45, 7) is 1.11. The van der Waals surface area contributed by atoms with Crippen LogP contribution in [0.1, 0.15) is 16.8 Å². The molecule has 0 unspecified atom stereocenters. The molecule has 2 N–H and O–H groups in total. The van der Waals surface area contributed by atoms with Crippen LogP contribution in [-0.4, -0.2) is 45.4 Å². The summed E-state index contributed by atoms with van der Waals surface area (Å²) in [5, 5.41) is 17.2. The molecule has 0 saturated carbocycles. The first-order valence-corrected chi connectivity index (χ1v) is 12.0. The van der Waals surface area contributed by atoms with Crippen LogP contribution < -0.4 is 15.2 Å². The molecular formula is C30H29N2O4+. The number of hydrogen-bond acceptors (Lipinski definition) is 5. The average Bonchev–Trinajstić information content (AvgIpc) is 2.89. The number of carbonyl (C=O) groups is 1.